The number of nitrogens with one attached hydrogen (secondary N) is 1. The number of carbonyl (C=O) groups excluding carboxylic acids is 2. The number of hydrogen-bond donors (Lipinski definition) is 4. The molecule has 9 nitrogen and oxygen atoms in total. The fraction of sp³-hybridized carbons (Fsp3) is 0.500. The molecule has 0 aromatic heterocycles. The van der Waals surface area contributed by atoms with Crippen LogP contribution in [0, 0.1) is 0 Å². The zero-order valence-corrected chi connectivity index (χ0v) is 11.4. The van der Waals surface area contributed by atoms with Crippen LogP contribution < -0.4 is 5.32 Å². The molecule has 9 heteroatoms. The number of aliphatic hydroxyl groups is 1. The molecule has 0 bridgehead atoms. The summed E-state index contributed by atoms with van der Waals surface area (Å²) in [6.07, 6.45) is -2.12. The molecular formula is C12H17NO8. The number of hydrogen-bond acceptors (Lipinski definition) is 6. The zero-order chi connectivity index (χ0) is 16.6. The summed E-state index contributed by atoms with van der Waals surface area (Å²) in [5, 5.41) is 29.1. The number of esters is 1. The Balaban J connectivity index is 4.48. The van der Waals surface area contributed by atoms with Gasteiger partial charge in [0.15, 0.2) is 5.60 Å². The normalized spacial score (nSPS) is 10.6. The maximum absolute atomic E-state index is 11.7. The summed E-state index contributed by atoms with van der Waals surface area (Å²) in [5.74, 6) is -4.89. The van der Waals surface area contributed by atoms with E-state index in [0.29, 0.717) is 0 Å². The number of carbonyl (C=O) groups is 4. The summed E-state index contributed by atoms with van der Waals surface area (Å²) in [6, 6.07) is 0. The number of ether oxygens (including phenoxy) is 1. The first-order valence-electron chi connectivity index (χ1n) is 5.85. The van der Waals surface area contributed by atoms with Gasteiger partial charge in [0.05, 0.1) is 19.4 Å². The van der Waals surface area contributed by atoms with Crippen LogP contribution in [0.3, 0.4) is 0 Å². The Morgan fingerprint density at radius 1 is 1.14 bits per heavy atom. The maximum atomic E-state index is 11.7. The Labute approximate surface area is 120 Å². The van der Waals surface area contributed by atoms with Crippen molar-refractivity contribution < 1.29 is 39.2 Å². The summed E-state index contributed by atoms with van der Waals surface area (Å²) in [4.78, 5) is 43.9. The van der Waals surface area contributed by atoms with Crippen LogP contribution in [-0.2, 0) is 23.9 Å². The van der Waals surface area contributed by atoms with Gasteiger partial charge >= 0.3 is 17.9 Å². The third-order valence-corrected chi connectivity index (χ3v) is 2.28. The summed E-state index contributed by atoms with van der Waals surface area (Å²) < 4.78 is 4.66. The Morgan fingerprint density at radius 2 is 1.62 bits per heavy atom. The molecule has 0 saturated heterocycles. The molecule has 0 heterocycles. The minimum Gasteiger partial charge on any atom is -0.481 e. The Bertz CT molecular complexity index is 440. The number of amides is 1. The highest BCUT2D eigenvalue weighted by atomic mass is 16.5. The van der Waals surface area contributed by atoms with Crippen molar-refractivity contribution in [1.29, 1.82) is 0 Å². The number of carboxylic acid groups (broad SMARTS) is 2. The summed E-state index contributed by atoms with van der Waals surface area (Å²) in [5.41, 5.74) is -2.41. The molecule has 21 heavy (non-hydrogen) atoms. The van der Waals surface area contributed by atoms with E-state index >= 15 is 0 Å². The Morgan fingerprint density at radius 3 is 2.00 bits per heavy atom. The van der Waals surface area contributed by atoms with Crippen molar-refractivity contribution in [2.75, 3.05) is 13.2 Å². The van der Waals surface area contributed by atoms with Crippen LogP contribution in [0.1, 0.15) is 19.8 Å². The third-order valence-electron chi connectivity index (χ3n) is 2.28. The zero-order valence-electron chi connectivity index (χ0n) is 11.4. The standard InChI is InChI=1S/C12H17NO8/c1-7(2)10(18)21-4-3-13-11(19)12(20,5-8(14)15)6-9(16)17/h20H,1,3-6H2,2H3,(H,13,19)(H,14,15)(H,16,17). The van der Waals surface area contributed by atoms with Crippen LogP contribution in [0.5, 0.6) is 0 Å². The van der Waals surface area contributed by atoms with Gasteiger partial charge in [0.25, 0.3) is 5.91 Å². The smallest absolute Gasteiger partial charge is 0.333 e. The van der Waals surface area contributed by atoms with E-state index in [1.54, 1.807) is 0 Å². The van der Waals surface area contributed by atoms with Gasteiger partial charge in [-0.25, -0.2) is 4.79 Å². The van der Waals surface area contributed by atoms with Crippen molar-refractivity contribution in [2.45, 2.75) is 25.4 Å². The Kier molecular flexibility index (Phi) is 7.08. The lowest BCUT2D eigenvalue weighted by Gasteiger charge is -2.23. The van der Waals surface area contributed by atoms with Crippen LogP contribution in [0.2, 0.25) is 0 Å². The van der Waals surface area contributed by atoms with Gasteiger partial charge in [0.1, 0.15) is 6.61 Å². The molecule has 0 fully saturated rings. The van der Waals surface area contributed by atoms with E-state index in [1.165, 1.54) is 6.92 Å². The molecule has 0 spiro atoms. The quantitative estimate of drug-likeness (QED) is 0.238. The van der Waals surface area contributed by atoms with E-state index in [0.717, 1.165) is 0 Å². The molecule has 0 aliphatic carbocycles. The maximum Gasteiger partial charge on any atom is 0.333 e. The topological polar surface area (TPSA) is 150 Å². The number of rotatable bonds is 9. The molecule has 118 valence electrons. The predicted octanol–water partition coefficient (Wildman–Crippen LogP) is -1.10. The van der Waals surface area contributed by atoms with Gasteiger partial charge in [-0.3, -0.25) is 14.4 Å². The highest BCUT2D eigenvalue weighted by Crippen LogP contribution is 2.16. The molecule has 0 aromatic rings. The summed E-state index contributed by atoms with van der Waals surface area (Å²) in [6.45, 7) is 4.33. The third kappa shape index (κ3) is 7.06. The predicted molar refractivity (Wildman–Crippen MR) is 68.2 cm³/mol. The van der Waals surface area contributed by atoms with Crippen LogP contribution >= 0.6 is 0 Å². The van der Waals surface area contributed by atoms with Gasteiger partial charge in [-0.05, 0) is 6.92 Å². The minimum absolute atomic E-state index is 0.162. The van der Waals surface area contributed by atoms with E-state index in [-0.39, 0.29) is 18.7 Å². The van der Waals surface area contributed by atoms with Crippen LogP contribution in [-0.4, -0.2) is 57.9 Å². The average Bonchev–Trinajstić information content (AvgIpc) is 2.31. The van der Waals surface area contributed by atoms with Crippen LogP contribution in [0.4, 0.5) is 0 Å². The second-order valence-corrected chi connectivity index (χ2v) is 4.34. The van der Waals surface area contributed by atoms with E-state index in [9.17, 15) is 24.3 Å². The molecule has 1 amide bonds. The largest absolute Gasteiger partial charge is 0.481 e. The highest BCUT2D eigenvalue weighted by molar-refractivity contribution is 5.92. The first-order chi connectivity index (χ1) is 9.58. The fourth-order valence-electron chi connectivity index (χ4n) is 1.32. The molecule has 0 radical (unpaired) electrons. The Hall–Kier alpha value is -2.42. The lowest BCUT2D eigenvalue weighted by Crippen LogP contribution is -2.50. The van der Waals surface area contributed by atoms with E-state index in [1.807, 2.05) is 0 Å². The monoisotopic (exact) mass is 303 g/mol. The highest BCUT2D eigenvalue weighted by Gasteiger charge is 2.40. The summed E-state index contributed by atoms with van der Waals surface area (Å²) in [7, 11) is 0. The minimum atomic E-state index is -2.57. The SMILES string of the molecule is C=C(C)C(=O)OCCNC(=O)C(O)(CC(=O)O)CC(=O)O. The van der Waals surface area contributed by atoms with Gasteiger partial charge in [0.2, 0.25) is 0 Å². The number of carboxylic acids is 2. The first kappa shape index (κ1) is 18.6. The second-order valence-electron chi connectivity index (χ2n) is 4.34. The molecule has 0 aliphatic heterocycles. The van der Waals surface area contributed by atoms with Crippen molar-refractivity contribution in [1.82, 2.24) is 5.32 Å². The second kappa shape index (κ2) is 8.00. The summed E-state index contributed by atoms with van der Waals surface area (Å²) >= 11 is 0. The molecule has 0 unspecified atom stereocenters. The van der Waals surface area contributed by atoms with Gasteiger partial charge in [0, 0.05) is 5.57 Å². The van der Waals surface area contributed by atoms with Gasteiger partial charge in [-0.1, -0.05) is 6.58 Å². The van der Waals surface area contributed by atoms with Gasteiger partial charge in [-0.15, -0.1) is 0 Å². The fourth-order valence-corrected chi connectivity index (χ4v) is 1.32. The number of aliphatic carboxylic acids is 2. The van der Waals surface area contributed by atoms with E-state index < -0.39 is 42.3 Å². The van der Waals surface area contributed by atoms with Gasteiger partial charge < -0.3 is 25.4 Å². The lowest BCUT2D eigenvalue weighted by molar-refractivity contribution is -0.159. The molecule has 0 rings (SSSR count). The van der Waals surface area contributed by atoms with Gasteiger partial charge in [-0.2, -0.15) is 0 Å². The molecule has 0 saturated carbocycles. The lowest BCUT2D eigenvalue weighted by atomic mass is 9.94. The van der Waals surface area contributed by atoms with Crippen molar-refractivity contribution in [3.8, 4) is 0 Å². The van der Waals surface area contributed by atoms with Crippen molar-refractivity contribution >= 4 is 23.8 Å². The molecule has 0 aromatic carbocycles. The van der Waals surface area contributed by atoms with Crippen molar-refractivity contribution in [2.24, 2.45) is 0 Å². The molecule has 0 atom stereocenters. The van der Waals surface area contributed by atoms with Crippen molar-refractivity contribution in [3.63, 3.8) is 0 Å². The molecule has 0 aliphatic rings. The van der Waals surface area contributed by atoms with Crippen LogP contribution in [0.25, 0.3) is 0 Å². The van der Waals surface area contributed by atoms with Crippen molar-refractivity contribution in [3.05, 3.63) is 12.2 Å². The first-order valence-corrected chi connectivity index (χ1v) is 5.85. The van der Waals surface area contributed by atoms with E-state index in [2.05, 4.69) is 16.6 Å². The van der Waals surface area contributed by atoms with Crippen LogP contribution in [0.15, 0.2) is 12.2 Å². The molecule has 4 N–H and O–H groups in total. The van der Waals surface area contributed by atoms with E-state index in [4.69, 9.17) is 10.2 Å². The molecular weight excluding hydrogens is 286 g/mol. The average molecular weight is 303 g/mol.